The van der Waals surface area contributed by atoms with Crippen molar-refractivity contribution in [1.29, 1.82) is 0 Å². The van der Waals surface area contributed by atoms with Crippen molar-refractivity contribution in [1.82, 2.24) is 19.5 Å². The zero-order valence-corrected chi connectivity index (χ0v) is 11.0. The van der Waals surface area contributed by atoms with Gasteiger partial charge in [0.1, 0.15) is 24.9 Å². The Kier molecular flexibility index (Phi) is 3.78. The fourth-order valence-electron chi connectivity index (χ4n) is 2.32. The van der Waals surface area contributed by atoms with E-state index in [9.17, 15) is 15.0 Å². The highest BCUT2D eigenvalue weighted by Crippen LogP contribution is 2.31. The van der Waals surface area contributed by atoms with Gasteiger partial charge in [-0.3, -0.25) is 14.3 Å². The minimum Gasteiger partial charge on any atom is -0.387 e. The quantitative estimate of drug-likeness (QED) is 0.305. The molecule has 0 saturated carbocycles. The molecule has 4 atom stereocenters. The largest absolute Gasteiger partial charge is 0.387 e. The highest BCUT2D eigenvalue weighted by atomic mass is 17.5. The van der Waals surface area contributed by atoms with Crippen LogP contribution in [0, 0.1) is 0 Å². The number of ether oxygens (including phenoxy) is 1. The van der Waals surface area contributed by atoms with Gasteiger partial charge in [0.2, 0.25) is 5.95 Å². The average molecular weight is 315 g/mol. The van der Waals surface area contributed by atoms with Crippen molar-refractivity contribution in [2.75, 3.05) is 12.3 Å². The predicted octanol–water partition coefficient (Wildman–Crippen LogP) is -2.26. The van der Waals surface area contributed by atoms with E-state index in [2.05, 4.69) is 24.9 Å². The molecule has 0 unspecified atom stereocenters. The molecule has 1 aliphatic rings. The normalized spacial score (nSPS) is 28.5. The number of H-pyrrole nitrogens is 1. The van der Waals surface area contributed by atoms with E-state index in [1.165, 1.54) is 10.9 Å². The number of aliphatic hydroxyl groups is 2. The van der Waals surface area contributed by atoms with Crippen LogP contribution in [-0.4, -0.2) is 59.9 Å². The molecule has 2 aromatic heterocycles. The van der Waals surface area contributed by atoms with Gasteiger partial charge in [-0.25, -0.2) is 15.1 Å². The Morgan fingerprint density at radius 2 is 2.23 bits per heavy atom. The molecule has 3 rings (SSSR count). The lowest BCUT2D eigenvalue weighted by Gasteiger charge is -2.16. The summed E-state index contributed by atoms with van der Waals surface area (Å²) in [5.74, 6) is -0.124. The summed E-state index contributed by atoms with van der Waals surface area (Å²) in [6, 6.07) is 0. The second-order valence-electron chi connectivity index (χ2n) is 4.68. The number of anilines is 1. The highest BCUT2D eigenvalue weighted by molar-refractivity contribution is 5.70. The molecule has 0 spiro atoms. The van der Waals surface area contributed by atoms with Crippen molar-refractivity contribution in [2.45, 2.75) is 24.5 Å². The van der Waals surface area contributed by atoms with Crippen LogP contribution in [0.4, 0.5) is 5.95 Å². The molecule has 12 nitrogen and oxygen atoms in total. The lowest BCUT2D eigenvalue weighted by atomic mass is 10.1. The second kappa shape index (κ2) is 5.60. The van der Waals surface area contributed by atoms with E-state index in [0.29, 0.717) is 0 Å². The number of hydrogen-bond acceptors (Lipinski definition) is 10. The second-order valence-corrected chi connectivity index (χ2v) is 4.68. The Morgan fingerprint density at radius 1 is 1.45 bits per heavy atom. The van der Waals surface area contributed by atoms with Crippen molar-refractivity contribution >= 4 is 17.1 Å². The fourth-order valence-corrected chi connectivity index (χ4v) is 2.32. The van der Waals surface area contributed by atoms with Crippen molar-refractivity contribution in [3.05, 3.63) is 16.7 Å². The maximum atomic E-state index is 11.7. The Morgan fingerprint density at radius 3 is 2.95 bits per heavy atom. The van der Waals surface area contributed by atoms with E-state index in [1.54, 1.807) is 0 Å². The Labute approximate surface area is 121 Å². The number of aromatic amines is 1. The summed E-state index contributed by atoms with van der Waals surface area (Å²) in [5, 5.41) is 31.5. The van der Waals surface area contributed by atoms with Crippen LogP contribution >= 0.6 is 0 Å². The number of nitrogen functional groups attached to an aromatic ring is 1. The topological polar surface area (TPSA) is 178 Å². The number of nitrogens with one attached hydrogen (secondary N) is 1. The monoisotopic (exact) mass is 315 g/mol. The smallest absolute Gasteiger partial charge is 0.280 e. The van der Waals surface area contributed by atoms with Gasteiger partial charge in [-0.05, 0) is 0 Å². The number of imidazole rings is 1. The minimum absolute atomic E-state index is 0.0119. The molecule has 1 aliphatic heterocycles. The van der Waals surface area contributed by atoms with Gasteiger partial charge in [0, 0.05) is 0 Å². The standard InChI is InChI=1S/C10H13N5O7/c11-10-13-7-4(8(18)14-10)12-2-15(7)9-6(17)5(16)3(21-9)1-20-22-19/h2-3,5-6,9,16-17,19H,1H2,(H3,11,13,14,18)/t3-,5-,6-,9-/m1/s1. The number of rotatable bonds is 4. The molecular weight excluding hydrogens is 302 g/mol. The Balaban J connectivity index is 1.96. The van der Waals surface area contributed by atoms with Crippen LogP contribution in [0.1, 0.15) is 6.23 Å². The summed E-state index contributed by atoms with van der Waals surface area (Å²) in [7, 11) is 0. The SMILES string of the molecule is Nc1nc2c(ncn2[C@@H]2O[C@H](COOO)[C@@H](O)[C@H]2O)c(=O)[nH]1. The molecule has 3 heterocycles. The number of fused-ring (bicyclic) bond motifs is 1. The van der Waals surface area contributed by atoms with E-state index >= 15 is 0 Å². The first-order valence-electron chi connectivity index (χ1n) is 6.20. The third kappa shape index (κ3) is 2.33. The Hall–Kier alpha value is -2.09. The third-order valence-electron chi connectivity index (χ3n) is 3.35. The molecule has 120 valence electrons. The molecule has 0 amide bonds. The number of aromatic nitrogens is 4. The first-order valence-corrected chi connectivity index (χ1v) is 6.20. The van der Waals surface area contributed by atoms with E-state index in [1.807, 2.05) is 0 Å². The summed E-state index contributed by atoms with van der Waals surface area (Å²) in [6.45, 7) is -0.325. The molecule has 2 aromatic rings. The van der Waals surface area contributed by atoms with Crippen molar-refractivity contribution in [3.8, 4) is 0 Å². The molecule has 0 aromatic carbocycles. The third-order valence-corrected chi connectivity index (χ3v) is 3.35. The van der Waals surface area contributed by atoms with Gasteiger partial charge < -0.3 is 20.7 Å². The van der Waals surface area contributed by atoms with E-state index in [4.69, 9.17) is 15.7 Å². The first-order chi connectivity index (χ1) is 10.5. The lowest BCUT2D eigenvalue weighted by Crippen LogP contribution is -2.33. The maximum absolute atomic E-state index is 11.7. The Bertz CT molecular complexity index is 730. The van der Waals surface area contributed by atoms with Gasteiger partial charge in [-0.2, -0.15) is 4.98 Å². The van der Waals surface area contributed by atoms with Gasteiger partial charge in [-0.1, -0.05) is 5.04 Å². The molecule has 22 heavy (non-hydrogen) atoms. The molecule has 1 saturated heterocycles. The van der Waals surface area contributed by atoms with Gasteiger partial charge in [0.15, 0.2) is 17.4 Å². The van der Waals surface area contributed by atoms with Crippen LogP contribution in [0.2, 0.25) is 0 Å². The predicted molar refractivity (Wildman–Crippen MR) is 68.2 cm³/mol. The van der Waals surface area contributed by atoms with Gasteiger partial charge in [0.05, 0.1) is 6.33 Å². The number of aliphatic hydroxyl groups excluding tert-OH is 2. The molecule has 0 aliphatic carbocycles. The van der Waals surface area contributed by atoms with Gasteiger partial charge >= 0.3 is 0 Å². The summed E-state index contributed by atoms with van der Waals surface area (Å²) < 4.78 is 6.71. The van der Waals surface area contributed by atoms with Crippen molar-refractivity contribution in [2.24, 2.45) is 0 Å². The van der Waals surface area contributed by atoms with E-state index in [0.717, 1.165) is 0 Å². The summed E-state index contributed by atoms with van der Waals surface area (Å²) in [4.78, 5) is 26.1. The fraction of sp³-hybridized carbons (Fsp3) is 0.500. The van der Waals surface area contributed by atoms with Crippen LogP contribution < -0.4 is 11.3 Å². The molecular formula is C10H13N5O7. The van der Waals surface area contributed by atoms with Crippen LogP contribution in [0.25, 0.3) is 11.2 Å². The zero-order valence-electron chi connectivity index (χ0n) is 11.0. The van der Waals surface area contributed by atoms with Crippen LogP contribution in [0.5, 0.6) is 0 Å². The van der Waals surface area contributed by atoms with Gasteiger partial charge in [0.25, 0.3) is 5.56 Å². The van der Waals surface area contributed by atoms with E-state index < -0.39 is 30.1 Å². The van der Waals surface area contributed by atoms with Gasteiger partial charge in [-0.15, -0.1) is 0 Å². The number of nitrogens with two attached hydrogens (primary N) is 1. The summed E-state index contributed by atoms with van der Waals surface area (Å²) in [6.07, 6.45) is -3.45. The summed E-state index contributed by atoms with van der Waals surface area (Å²) in [5.41, 5.74) is 5.05. The average Bonchev–Trinajstić information content (AvgIpc) is 3.00. The zero-order chi connectivity index (χ0) is 15.9. The van der Waals surface area contributed by atoms with Crippen LogP contribution in [-0.2, 0) is 14.7 Å². The molecule has 12 heteroatoms. The van der Waals surface area contributed by atoms with Crippen molar-refractivity contribution < 1.29 is 30.1 Å². The highest BCUT2D eigenvalue weighted by Gasteiger charge is 2.44. The molecule has 1 fully saturated rings. The maximum Gasteiger partial charge on any atom is 0.280 e. The van der Waals surface area contributed by atoms with Crippen LogP contribution in [0.15, 0.2) is 11.1 Å². The lowest BCUT2D eigenvalue weighted by molar-refractivity contribution is -0.495. The molecule has 0 radical (unpaired) electrons. The first kappa shape index (κ1) is 14.8. The molecule has 6 N–H and O–H groups in total. The van der Waals surface area contributed by atoms with Crippen LogP contribution in [0.3, 0.4) is 0 Å². The molecule has 0 bridgehead atoms. The van der Waals surface area contributed by atoms with E-state index in [-0.39, 0.29) is 23.7 Å². The minimum atomic E-state index is -1.34. The van der Waals surface area contributed by atoms with Crippen molar-refractivity contribution in [3.63, 3.8) is 0 Å². The summed E-state index contributed by atoms with van der Waals surface area (Å²) >= 11 is 0. The number of hydrogen-bond donors (Lipinski definition) is 5. The number of nitrogens with zero attached hydrogens (tertiary/aromatic N) is 3.